The van der Waals surface area contributed by atoms with Crippen molar-refractivity contribution in [1.82, 2.24) is 10.0 Å². The molecule has 0 saturated carbocycles. The summed E-state index contributed by atoms with van der Waals surface area (Å²) in [5.74, 6) is 0. The van der Waals surface area contributed by atoms with Crippen LogP contribution in [-0.2, 0) is 0 Å². The zero-order chi connectivity index (χ0) is 9.64. The van der Waals surface area contributed by atoms with Crippen LogP contribution in [-0.4, -0.2) is 19.1 Å². The van der Waals surface area contributed by atoms with Crippen molar-refractivity contribution in [2.24, 2.45) is 0 Å². The number of hydrogen-bond donors (Lipinski definition) is 2. The minimum absolute atomic E-state index is 0.672. The molecule has 2 rings (SSSR count). The third-order valence-corrected chi connectivity index (χ3v) is 3.24. The molecular formula is C11H16N2S. The average molecular weight is 208 g/mol. The normalized spacial score (nSPS) is 21.3. The smallest absolute Gasteiger partial charge is 0.0228 e. The maximum absolute atomic E-state index is 3.47. The van der Waals surface area contributed by atoms with Crippen LogP contribution in [0.1, 0.15) is 12.8 Å². The lowest BCUT2D eigenvalue weighted by Gasteiger charge is -2.10. The Hall–Kier alpha value is -0.510. The third kappa shape index (κ3) is 3.01. The minimum atomic E-state index is 0.672. The van der Waals surface area contributed by atoms with Crippen LogP contribution >= 0.6 is 11.9 Å². The fraction of sp³-hybridized carbons (Fsp3) is 0.455. The Bertz CT molecular complexity index is 257. The molecule has 0 amide bonds. The Labute approximate surface area is 89.6 Å². The van der Waals surface area contributed by atoms with E-state index in [0.29, 0.717) is 6.04 Å². The first-order valence-electron chi connectivity index (χ1n) is 5.13. The molecule has 3 heteroatoms. The zero-order valence-corrected chi connectivity index (χ0v) is 9.02. The topological polar surface area (TPSA) is 24.1 Å². The second-order valence-electron chi connectivity index (χ2n) is 3.56. The molecule has 1 aliphatic rings. The maximum Gasteiger partial charge on any atom is 0.0228 e. The van der Waals surface area contributed by atoms with E-state index in [4.69, 9.17) is 0 Å². The Kier molecular flexibility index (Phi) is 3.86. The van der Waals surface area contributed by atoms with Gasteiger partial charge in [0.2, 0.25) is 0 Å². The van der Waals surface area contributed by atoms with E-state index in [2.05, 4.69) is 34.3 Å². The van der Waals surface area contributed by atoms with Crippen molar-refractivity contribution in [2.45, 2.75) is 23.8 Å². The van der Waals surface area contributed by atoms with Crippen LogP contribution in [0.3, 0.4) is 0 Å². The SMILES string of the molecule is c1ccc(SNCC2CCCN2)cc1. The molecule has 0 aromatic heterocycles. The lowest BCUT2D eigenvalue weighted by Crippen LogP contribution is -2.30. The summed E-state index contributed by atoms with van der Waals surface area (Å²) >= 11 is 1.72. The summed E-state index contributed by atoms with van der Waals surface area (Å²) in [7, 11) is 0. The van der Waals surface area contributed by atoms with Crippen LogP contribution in [0, 0.1) is 0 Å². The summed E-state index contributed by atoms with van der Waals surface area (Å²) in [5.41, 5.74) is 0. The monoisotopic (exact) mass is 208 g/mol. The summed E-state index contributed by atoms with van der Waals surface area (Å²) in [6, 6.07) is 11.1. The number of hydrogen-bond acceptors (Lipinski definition) is 3. The van der Waals surface area contributed by atoms with E-state index in [1.54, 1.807) is 11.9 Å². The van der Waals surface area contributed by atoms with Gasteiger partial charge in [-0.05, 0) is 43.5 Å². The van der Waals surface area contributed by atoms with Crippen molar-refractivity contribution in [1.29, 1.82) is 0 Å². The second kappa shape index (κ2) is 5.39. The molecule has 14 heavy (non-hydrogen) atoms. The van der Waals surface area contributed by atoms with E-state index in [1.165, 1.54) is 24.3 Å². The lowest BCUT2D eigenvalue weighted by molar-refractivity contribution is 0.600. The molecule has 1 aromatic carbocycles. The quantitative estimate of drug-likeness (QED) is 0.740. The van der Waals surface area contributed by atoms with Gasteiger partial charge in [0.1, 0.15) is 0 Å². The molecule has 0 aliphatic carbocycles. The first kappa shape index (κ1) is 10.0. The Morgan fingerprint density at radius 3 is 2.93 bits per heavy atom. The predicted octanol–water partition coefficient (Wildman–Crippen LogP) is 2.04. The van der Waals surface area contributed by atoms with E-state index in [9.17, 15) is 0 Å². The fourth-order valence-corrected chi connectivity index (χ4v) is 2.39. The van der Waals surface area contributed by atoms with Gasteiger partial charge in [-0.2, -0.15) is 0 Å². The molecule has 1 unspecified atom stereocenters. The largest absolute Gasteiger partial charge is 0.313 e. The van der Waals surface area contributed by atoms with Gasteiger partial charge in [0.05, 0.1) is 0 Å². The molecule has 1 atom stereocenters. The molecule has 76 valence electrons. The fourth-order valence-electron chi connectivity index (χ4n) is 1.65. The summed E-state index contributed by atoms with van der Waals surface area (Å²) < 4.78 is 3.40. The third-order valence-electron chi connectivity index (χ3n) is 2.43. The molecule has 1 heterocycles. The molecule has 2 N–H and O–H groups in total. The predicted molar refractivity (Wildman–Crippen MR) is 61.3 cm³/mol. The van der Waals surface area contributed by atoms with Gasteiger partial charge in [-0.15, -0.1) is 0 Å². The van der Waals surface area contributed by atoms with E-state index in [0.717, 1.165) is 6.54 Å². The summed E-state index contributed by atoms with van der Waals surface area (Å²) in [6.07, 6.45) is 2.63. The van der Waals surface area contributed by atoms with Crippen LogP contribution in [0.2, 0.25) is 0 Å². The van der Waals surface area contributed by atoms with Crippen molar-refractivity contribution in [3.63, 3.8) is 0 Å². The Balaban J connectivity index is 1.67. The highest BCUT2D eigenvalue weighted by Gasteiger charge is 2.12. The summed E-state index contributed by atoms with van der Waals surface area (Å²) in [4.78, 5) is 1.28. The first-order valence-corrected chi connectivity index (χ1v) is 5.95. The number of rotatable bonds is 4. The van der Waals surface area contributed by atoms with Gasteiger partial charge >= 0.3 is 0 Å². The van der Waals surface area contributed by atoms with Crippen LogP contribution in [0.15, 0.2) is 35.2 Å². The van der Waals surface area contributed by atoms with Gasteiger partial charge in [0, 0.05) is 17.5 Å². The standard InChI is InChI=1S/C11H16N2S/c1-2-6-11(7-3-1)14-13-9-10-5-4-8-12-10/h1-3,6-7,10,12-13H,4-5,8-9H2. The Morgan fingerprint density at radius 1 is 1.36 bits per heavy atom. The molecule has 1 fully saturated rings. The van der Waals surface area contributed by atoms with Gasteiger partial charge in [-0.1, -0.05) is 18.2 Å². The maximum atomic E-state index is 3.47. The van der Waals surface area contributed by atoms with Crippen molar-refractivity contribution in [2.75, 3.05) is 13.1 Å². The van der Waals surface area contributed by atoms with Crippen molar-refractivity contribution < 1.29 is 0 Å². The van der Waals surface area contributed by atoms with Crippen molar-refractivity contribution >= 4 is 11.9 Å². The van der Waals surface area contributed by atoms with Gasteiger partial charge in [-0.3, -0.25) is 4.72 Å². The molecule has 2 nitrogen and oxygen atoms in total. The van der Waals surface area contributed by atoms with E-state index < -0.39 is 0 Å². The average Bonchev–Trinajstić information content (AvgIpc) is 2.72. The van der Waals surface area contributed by atoms with Crippen molar-refractivity contribution in [3.05, 3.63) is 30.3 Å². The lowest BCUT2D eigenvalue weighted by atomic mass is 10.2. The molecule has 1 saturated heterocycles. The molecule has 0 radical (unpaired) electrons. The van der Waals surface area contributed by atoms with Crippen molar-refractivity contribution in [3.8, 4) is 0 Å². The summed E-state index contributed by atoms with van der Waals surface area (Å²) in [6.45, 7) is 2.24. The molecule has 1 aromatic rings. The number of nitrogens with one attached hydrogen (secondary N) is 2. The number of benzene rings is 1. The highest BCUT2D eigenvalue weighted by atomic mass is 32.2. The van der Waals surface area contributed by atoms with E-state index in [-0.39, 0.29) is 0 Å². The van der Waals surface area contributed by atoms with Crippen LogP contribution in [0.25, 0.3) is 0 Å². The van der Waals surface area contributed by atoms with Gasteiger partial charge < -0.3 is 5.32 Å². The second-order valence-corrected chi connectivity index (χ2v) is 4.52. The van der Waals surface area contributed by atoms with Gasteiger partial charge in [0.25, 0.3) is 0 Å². The highest BCUT2D eigenvalue weighted by molar-refractivity contribution is 7.97. The van der Waals surface area contributed by atoms with Crippen LogP contribution < -0.4 is 10.0 Å². The van der Waals surface area contributed by atoms with E-state index in [1.807, 2.05) is 6.07 Å². The zero-order valence-electron chi connectivity index (χ0n) is 8.20. The highest BCUT2D eigenvalue weighted by Crippen LogP contribution is 2.13. The molecule has 0 bridgehead atoms. The first-order chi connectivity index (χ1) is 6.95. The van der Waals surface area contributed by atoms with Crippen LogP contribution in [0.4, 0.5) is 0 Å². The van der Waals surface area contributed by atoms with Gasteiger partial charge in [0.15, 0.2) is 0 Å². The molecule has 1 aliphatic heterocycles. The molecule has 0 spiro atoms. The Morgan fingerprint density at radius 2 is 2.21 bits per heavy atom. The minimum Gasteiger partial charge on any atom is -0.313 e. The molecular weight excluding hydrogens is 192 g/mol. The van der Waals surface area contributed by atoms with Gasteiger partial charge in [-0.25, -0.2) is 0 Å². The van der Waals surface area contributed by atoms with E-state index >= 15 is 0 Å². The summed E-state index contributed by atoms with van der Waals surface area (Å²) in [5, 5.41) is 3.47. The van der Waals surface area contributed by atoms with Crippen LogP contribution in [0.5, 0.6) is 0 Å².